The molecule has 1 atom stereocenters. The van der Waals surface area contributed by atoms with Crippen molar-refractivity contribution >= 4 is 43.5 Å². The molecule has 2 amide bonds. The first kappa shape index (κ1) is 29.4. The number of carbonyl (C=O) groups is 2. The molecule has 0 aliphatic heterocycles. The third-order valence-electron chi connectivity index (χ3n) is 5.94. The molecule has 0 saturated carbocycles. The van der Waals surface area contributed by atoms with E-state index in [-0.39, 0.29) is 23.4 Å². The zero-order valence-electron chi connectivity index (χ0n) is 22.3. The number of carbonyl (C=O) groups excluding carboxylic acids is 2. The van der Waals surface area contributed by atoms with Crippen LogP contribution in [0.4, 0.5) is 5.69 Å². The molecule has 3 aromatic carbocycles. The van der Waals surface area contributed by atoms with Gasteiger partial charge in [-0.2, -0.15) is 0 Å². The molecule has 1 N–H and O–H groups in total. The summed E-state index contributed by atoms with van der Waals surface area (Å²) in [4.78, 5) is 28.4. The Bertz CT molecular complexity index is 1370. The summed E-state index contributed by atoms with van der Waals surface area (Å²) in [6, 6.07) is 20.0. The molecule has 0 bridgehead atoms. The summed E-state index contributed by atoms with van der Waals surface area (Å²) in [5, 5.41) is 2.86. The Hall–Kier alpha value is -3.17. The van der Waals surface area contributed by atoms with E-state index < -0.39 is 28.5 Å². The van der Waals surface area contributed by atoms with Crippen LogP contribution >= 0.6 is 15.9 Å². The first-order valence-corrected chi connectivity index (χ1v) is 14.6. The molecule has 0 saturated heterocycles. The number of nitrogens with zero attached hydrogens (tertiary/aromatic N) is 2. The molecule has 0 aliphatic rings. The van der Waals surface area contributed by atoms with Gasteiger partial charge < -0.3 is 10.2 Å². The van der Waals surface area contributed by atoms with Crippen molar-refractivity contribution in [1.29, 1.82) is 0 Å². The van der Waals surface area contributed by atoms with Gasteiger partial charge in [0, 0.05) is 17.1 Å². The highest BCUT2D eigenvalue weighted by Gasteiger charge is 2.32. The van der Waals surface area contributed by atoms with Gasteiger partial charge in [-0.25, -0.2) is 8.42 Å². The van der Waals surface area contributed by atoms with Crippen molar-refractivity contribution in [2.75, 3.05) is 10.8 Å². The summed E-state index contributed by atoms with van der Waals surface area (Å²) in [6.45, 7) is 8.77. The highest BCUT2D eigenvalue weighted by Crippen LogP contribution is 2.27. The second-order valence-electron chi connectivity index (χ2n) is 9.66. The van der Waals surface area contributed by atoms with E-state index in [2.05, 4.69) is 21.2 Å². The number of nitrogens with one attached hydrogen (secondary N) is 1. The second kappa shape index (κ2) is 12.6. The van der Waals surface area contributed by atoms with Crippen molar-refractivity contribution in [1.82, 2.24) is 10.2 Å². The maximum atomic E-state index is 13.9. The molecule has 0 heterocycles. The first-order chi connectivity index (χ1) is 17.9. The van der Waals surface area contributed by atoms with Gasteiger partial charge in [-0.15, -0.1) is 0 Å². The lowest BCUT2D eigenvalue weighted by Gasteiger charge is -2.32. The Balaban J connectivity index is 2.06. The van der Waals surface area contributed by atoms with Gasteiger partial charge in [0.15, 0.2) is 0 Å². The first-order valence-electron chi connectivity index (χ1n) is 12.4. The average Bonchev–Trinajstić information content (AvgIpc) is 2.84. The molecule has 0 fully saturated rings. The van der Waals surface area contributed by atoms with Crippen LogP contribution in [0.1, 0.15) is 37.5 Å². The summed E-state index contributed by atoms with van der Waals surface area (Å²) in [5.41, 5.74) is 2.94. The van der Waals surface area contributed by atoms with Crippen LogP contribution in [0.25, 0.3) is 0 Å². The number of sulfonamides is 1. The minimum Gasteiger partial charge on any atom is -0.352 e. The topological polar surface area (TPSA) is 86.8 Å². The van der Waals surface area contributed by atoms with Crippen LogP contribution in [0.15, 0.2) is 82.2 Å². The molecular formula is C29H34BrN3O4S. The van der Waals surface area contributed by atoms with E-state index in [9.17, 15) is 18.0 Å². The monoisotopic (exact) mass is 599 g/mol. The summed E-state index contributed by atoms with van der Waals surface area (Å²) in [6.07, 6.45) is 0. The van der Waals surface area contributed by atoms with E-state index in [1.54, 1.807) is 37.3 Å². The summed E-state index contributed by atoms with van der Waals surface area (Å²) in [7, 11) is -4.08. The number of halogens is 1. The molecule has 9 heteroatoms. The maximum absolute atomic E-state index is 13.9. The number of anilines is 1. The largest absolute Gasteiger partial charge is 0.352 e. The Kier molecular flexibility index (Phi) is 9.73. The molecule has 7 nitrogen and oxygen atoms in total. The highest BCUT2D eigenvalue weighted by atomic mass is 79.9. The minimum atomic E-state index is -4.08. The molecule has 0 spiro atoms. The fourth-order valence-electron chi connectivity index (χ4n) is 4.16. The molecule has 3 rings (SSSR count). The van der Waals surface area contributed by atoms with Crippen LogP contribution < -0.4 is 9.62 Å². The lowest BCUT2D eigenvalue weighted by atomic mass is 10.1. The predicted octanol–water partition coefficient (Wildman–Crippen LogP) is 5.20. The zero-order valence-corrected chi connectivity index (χ0v) is 24.7. The Labute approximate surface area is 234 Å². The Morgan fingerprint density at radius 2 is 1.53 bits per heavy atom. The number of hydrogen-bond donors (Lipinski definition) is 1. The van der Waals surface area contributed by atoms with Gasteiger partial charge in [0.05, 0.1) is 10.6 Å². The SMILES string of the molecule is Cc1cc(C)cc(N(CC(=O)N(Cc2cccc(Br)c2)[C@@H](C)C(=O)NC(C)C)S(=O)(=O)c2ccccc2)c1. The van der Waals surface area contributed by atoms with Crippen LogP contribution in [0.5, 0.6) is 0 Å². The third kappa shape index (κ3) is 7.45. The number of rotatable bonds is 10. The maximum Gasteiger partial charge on any atom is 0.264 e. The molecular weight excluding hydrogens is 566 g/mol. The van der Waals surface area contributed by atoms with Gasteiger partial charge in [-0.05, 0) is 87.7 Å². The lowest BCUT2D eigenvalue weighted by Crippen LogP contribution is -2.52. The number of benzene rings is 3. The smallest absolute Gasteiger partial charge is 0.264 e. The van der Waals surface area contributed by atoms with Crippen LogP contribution in [0.3, 0.4) is 0 Å². The minimum absolute atomic E-state index is 0.0797. The normalized spacial score (nSPS) is 12.2. The summed E-state index contributed by atoms with van der Waals surface area (Å²) in [5.74, 6) is -0.803. The fourth-order valence-corrected chi connectivity index (χ4v) is 6.03. The molecule has 202 valence electrons. The van der Waals surface area contributed by atoms with Gasteiger partial charge in [-0.1, -0.05) is 52.3 Å². The molecule has 38 heavy (non-hydrogen) atoms. The average molecular weight is 601 g/mol. The van der Waals surface area contributed by atoms with Gasteiger partial charge in [-0.3, -0.25) is 13.9 Å². The van der Waals surface area contributed by atoms with Crippen LogP contribution in [0, 0.1) is 13.8 Å². The van der Waals surface area contributed by atoms with Gasteiger partial charge in [0.2, 0.25) is 11.8 Å². The van der Waals surface area contributed by atoms with Crippen molar-refractivity contribution < 1.29 is 18.0 Å². The Morgan fingerprint density at radius 1 is 0.895 bits per heavy atom. The molecule has 0 aromatic heterocycles. The predicted molar refractivity (Wildman–Crippen MR) is 154 cm³/mol. The highest BCUT2D eigenvalue weighted by molar-refractivity contribution is 9.10. The van der Waals surface area contributed by atoms with Crippen LogP contribution in [0.2, 0.25) is 0 Å². The van der Waals surface area contributed by atoms with E-state index in [1.165, 1.54) is 17.0 Å². The molecule has 3 aromatic rings. The van der Waals surface area contributed by atoms with E-state index >= 15 is 0 Å². The molecule has 0 aliphatic carbocycles. The van der Waals surface area contributed by atoms with Crippen molar-refractivity contribution in [3.63, 3.8) is 0 Å². The quantitative estimate of drug-likeness (QED) is 0.347. The second-order valence-corrected chi connectivity index (χ2v) is 12.4. The van der Waals surface area contributed by atoms with Crippen molar-refractivity contribution in [3.05, 3.63) is 94.0 Å². The van der Waals surface area contributed by atoms with E-state index in [4.69, 9.17) is 0 Å². The summed E-state index contributed by atoms with van der Waals surface area (Å²) >= 11 is 3.45. The Morgan fingerprint density at radius 3 is 2.11 bits per heavy atom. The van der Waals surface area contributed by atoms with E-state index in [0.717, 1.165) is 25.5 Å². The number of amides is 2. The van der Waals surface area contributed by atoms with Crippen molar-refractivity contribution in [2.24, 2.45) is 0 Å². The van der Waals surface area contributed by atoms with Crippen LogP contribution in [-0.4, -0.2) is 43.8 Å². The number of aryl methyl sites for hydroxylation is 2. The van der Waals surface area contributed by atoms with Crippen LogP contribution in [-0.2, 0) is 26.2 Å². The van der Waals surface area contributed by atoms with E-state index in [0.29, 0.717) is 5.69 Å². The summed E-state index contributed by atoms with van der Waals surface area (Å²) < 4.78 is 29.6. The standard InChI is InChI=1S/C29H34BrN3O4S/c1-20(2)31-29(35)23(5)32(18-24-10-9-11-25(30)17-24)28(34)19-33(26-15-21(3)14-22(4)16-26)38(36,37)27-12-7-6-8-13-27/h6-17,20,23H,18-19H2,1-5H3,(H,31,35)/t23-/m0/s1. The van der Waals surface area contributed by atoms with Gasteiger partial charge >= 0.3 is 0 Å². The van der Waals surface area contributed by atoms with Crippen molar-refractivity contribution in [3.8, 4) is 0 Å². The fraction of sp³-hybridized carbons (Fsp3) is 0.310. The lowest BCUT2D eigenvalue weighted by molar-refractivity contribution is -0.139. The molecule has 0 unspecified atom stereocenters. The zero-order chi connectivity index (χ0) is 28.0. The third-order valence-corrected chi connectivity index (χ3v) is 8.23. The van der Waals surface area contributed by atoms with Gasteiger partial charge in [0.25, 0.3) is 10.0 Å². The number of hydrogen-bond acceptors (Lipinski definition) is 4. The van der Waals surface area contributed by atoms with Gasteiger partial charge in [0.1, 0.15) is 12.6 Å². The van der Waals surface area contributed by atoms with E-state index in [1.807, 2.05) is 58.0 Å². The molecule has 0 radical (unpaired) electrons. The van der Waals surface area contributed by atoms with Crippen molar-refractivity contribution in [2.45, 2.75) is 58.1 Å².